The van der Waals surface area contributed by atoms with Gasteiger partial charge in [-0.15, -0.1) is 0 Å². The van der Waals surface area contributed by atoms with E-state index in [1.807, 2.05) is 32.9 Å². The minimum absolute atomic E-state index is 0.0891. The summed E-state index contributed by atoms with van der Waals surface area (Å²) in [5.74, 6) is 1.18. The smallest absolute Gasteiger partial charge is 0.243 e. The van der Waals surface area contributed by atoms with Gasteiger partial charge in [-0.05, 0) is 50.8 Å². The Hall–Kier alpha value is -1.64. The van der Waals surface area contributed by atoms with Crippen LogP contribution in [0.5, 0.6) is 0 Å². The first kappa shape index (κ1) is 25.4. The van der Waals surface area contributed by atoms with E-state index in [1.54, 1.807) is 26.2 Å². The van der Waals surface area contributed by atoms with Crippen LogP contribution in [0.15, 0.2) is 34.2 Å². The SMILES string of the molecule is CCOC(CCNC(=NC)NCc1ccc(S(=O)(=O)N(C)C(C)C)cc1)C(C)C. The van der Waals surface area contributed by atoms with Gasteiger partial charge in [0.2, 0.25) is 10.0 Å². The lowest BCUT2D eigenvalue weighted by Gasteiger charge is -2.22. The molecule has 0 saturated carbocycles. The quantitative estimate of drug-likeness (QED) is 0.420. The molecule has 0 aliphatic carbocycles. The van der Waals surface area contributed by atoms with Crippen molar-refractivity contribution in [3.05, 3.63) is 29.8 Å². The molecule has 29 heavy (non-hydrogen) atoms. The number of aliphatic imine (C=N–C) groups is 1. The second-order valence-electron chi connectivity index (χ2n) is 7.64. The van der Waals surface area contributed by atoms with Crippen LogP contribution in [0.2, 0.25) is 0 Å². The van der Waals surface area contributed by atoms with Gasteiger partial charge in [0.15, 0.2) is 5.96 Å². The van der Waals surface area contributed by atoms with E-state index >= 15 is 0 Å². The lowest BCUT2D eigenvalue weighted by Crippen LogP contribution is -2.39. The summed E-state index contributed by atoms with van der Waals surface area (Å²) < 4.78 is 32.2. The number of hydrogen-bond donors (Lipinski definition) is 2. The third-order valence-electron chi connectivity index (χ3n) is 4.86. The molecule has 0 fully saturated rings. The van der Waals surface area contributed by atoms with Crippen LogP contribution in [0, 0.1) is 5.92 Å². The Kier molecular flexibility index (Phi) is 10.6. The van der Waals surface area contributed by atoms with E-state index in [-0.39, 0.29) is 12.1 Å². The Labute approximate surface area is 177 Å². The van der Waals surface area contributed by atoms with E-state index < -0.39 is 10.0 Å². The van der Waals surface area contributed by atoms with Crippen LogP contribution in [0.3, 0.4) is 0 Å². The van der Waals surface area contributed by atoms with Crippen molar-refractivity contribution in [2.24, 2.45) is 10.9 Å². The van der Waals surface area contributed by atoms with Crippen molar-refractivity contribution in [2.75, 3.05) is 27.2 Å². The maximum Gasteiger partial charge on any atom is 0.243 e. The first-order chi connectivity index (χ1) is 13.6. The minimum atomic E-state index is -3.46. The van der Waals surface area contributed by atoms with Crippen molar-refractivity contribution in [1.29, 1.82) is 0 Å². The average molecular weight is 427 g/mol. The van der Waals surface area contributed by atoms with Crippen LogP contribution in [-0.4, -0.2) is 58.1 Å². The van der Waals surface area contributed by atoms with Crippen molar-refractivity contribution in [1.82, 2.24) is 14.9 Å². The Bertz CT molecular complexity index is 731. The Morgan fingerprint density at radius 3 is 2.24 bits per heavy atom. The summed E-state index contributed by atoms with van der Waals surface area (Å²) in [6, 6.07) is 6.86. The fourth-order valence-corrected chi connectivity index (χ4v) is 4.15. The van der Waals surface area contributed by atoms with Gasteiger partial charge < -0.3 is 15.4 Å². The molecule has 0 bridgehead atoms. The molecule has 1 atom stereocenters. The van der Waals surface area contributed by atoms with Gasteiger partial charge in [-0.25, -0.2) is 8.42 Å². The molecule has 0 spiro atoms. The molecular weight excluding hydrogens is 388 g/mol. The number of rotatable bonds is 11. The van der Waals surface area contributed by atoms with Gasteiger partial charge in [0.1, 0.15) is 0 Å². The molecule has 166 valence electrons. The molecular formula is C21H38N4O3S. The fraction of sp³-hybridized carbons (Fsp3) is 0.667. The van der Waals surface area contributed by atoms with Crippen molar-refractivity contribution in [3.63, 3.8) is 0 Å². The van der Waals surface area contributed by atoms with Crippen molar-refractivity contribution >= 4 is 16.0 Å². The Balaban J connectivity index is 2.59. The molecule has 0 aromatic heterocycles. The number of ether oxygens (including phenoxy) is 1. The molecule has 1 rings (SSSR count). The number of nitrogens with one attached hydrogen (secondary N) is 2. The molecule has 0 aliphatic rings. The minimum Gasteiger partial charge on any atom is -0.378 e. The molecule has 1 aromatic rings. The average Bonchev–Trinajstić information content (AvgIpc) is 2.69. The van der Waals surface area contributed by atoms with Crippen LogP contribution in [0.1, 0.15) is 46.6 Å². The van der Waals surface area contributed by atoms with Crippen LogP contribution >= 0.6 is 0 Å². The molecule has 0 heterocycles. The number of benzene rings is 1. The van der Waals surface area contributed by atoms with E-state index in [2.05, 4.69) is 29.5 Å². The van der Waals surface area contributed by atoms with Gasteiger partial charge in [0, 0.05) is 39.8 Å². The number of guanidine groups is 1. The highest BCUT2D eigenvalue weighted by Gasteiger charge is 2.22. The monoisotopic (exact) mass is 426 g/mol. The summed E-state index contributed by atoms with van der Waals surface area (Å²) in [7, 11) is -0.129. The van der Waals surface area contributed by atoms with Gasteiger partial charge in [0.25, 0.3) is 0 Å². The second-order valence-corrected chi connectivity index (χ2v) is 9.64. The van der Waals surface area contributed by atoms with Gasteiger partial charge in [-0.1, -0.05) is 26.0 Å². The first-order valence-corrected chi connectivity index (χ1v) is 11.7. The van der Waals surface area contributed by atoms with E-state index in [0.717, 1.165) is 18.5 Å². The van der Waals surface area contributed by atoms with E-state index in [4.69, 9.17) is 4.74 Å². The predicted molar refractivity (Wildman–Crippen MR) is 120 cm³/mol. The number of hydrogen-bond acceptors (Lipinski definition) is 4. The maximum absolute atomic E-state index is 12.5. The zero-order valence-corrected chi connectivity index (χ0v) is 19.7. The Morgan fingerprint density at radius 1 is 1.14 bits per heavy atom. The van der Waals surface area contributed by atoms with E-state index in [1.165, 1.54) is 4.31 Å². The second kappa shape index (κ2) is 12.1. The fourth-order valence-electron chi connectivity index (χ4n) is 2.79. The van der Waals surface area contributed by atoms with Crippen LogP contribution in [0.25, 0.3) is 0 Å². The maximum atomic E-state index is 12.5. The molecule has 0 saturated heterocycles. The summed E-state index contributed by atoms with van der Waals surface area (Å²) in [6.45, 7) is 12.1. The van der Waals surface area contributed by atoms with Crippen molar-refractivity contribution in [2.45, 2.75) is 64.6 Å². The third-order valence-corrected chi connectivity index (χ3v) is 6.90. The highest BCUT2D eigenvalue weighted by atomic mass is 32.2. The molecule has 7 nitrogen and oxygen atoms in total. The van der Waals surface area contributed by atoms with Gasteiger partial charge in [-0.2, -0.15) is 4.31 Å². The summed E-state index contributed by atoms with van der Waals surface area (Å²) in [6.07, 6.45) is 1.13. The zero-order valence-electron chi connectivity index (χ0n) is 18.9. The van der Waals surface area contributed by atoms with E-state index in [9.17, 15) is 8.42 Å². The van der Waals surface area contributed by atoms with Crippen LogP contribution < -0.4 is 10.6 Å². The van der Waals surface area contributed by atoms with Crippen molar-refractivity contribution in [3.8, 4) is 0 Å². The third kappa shape index (κ3) is 7.95. The van der Waals surface area contributed by atoms with Crippen LogP contribution in [-0.2, 0) is 21.3 Å². The highest BCUT2D eigenvalue weighted by Crippen LogP contribution is 2.17. The van der Waals surface area contributed by atoms with E-state index in [0.29, 0.717) is 29.9 Å². The lowest BCUT2D eigenvalue weighted by molar-refractivity contribution is 0.0258. The first-order valence-electron chi connectivity index (χ1n) is 10.3. The highest BCUT2D eigenvalue weighted by molar-refractivity contribution is 7.89. The molecule has 0 radical (unpaired) electrons. The number of sulfonamides is 1. The lowest BCUT2D eigenvalue weighted by atomic mass is 10.0. The van der Waals surface area contributed by atoms with Gasteiger partial charge >= 0.3 is 0 Å². The summed E-state index contributed by atoms with van der Waals surface area (Å²) in [5, 5.41) is 6.56. The van der Waals surface area contributed by atoms with Crippen molar-refractivity contribution < 1.29 is 13.2 Å². The summed E-state index contributed by atoms with van der Waals surface area (Å²) >= 11 is 0. The van der Waals surface area contributed by atoms with Gasteiger partial charge in [0.05, 0.1) is 11.0 Å². The number of nitrogens with zero attached hydrogens (tertiary/aromatic N) is 2. The summed E-state index contributed by atoms with van der Waals surface area (Å²) in [5.41, 5.74) is 0.980. The van der Waals surface area contributed by atoms with Gasteiger partial charge in [-0.3, -0.25) is 4.99 Å². The topological polar surface area (TPSA) is 83.0 Å². The largest absolute Gasteiger partial charge is 0.378 e. The zero-order chi connectivity index (χ0) is 22.0. The standard InChI is InChI=1S/C21H38N4O3S/c1-8-28-20(16(2)3)13-14-23-21(22-6)24-15-18-9-11-19(12-10-18)29(26,27)25(7)17(4)5/h9-12,16-17,20H,8,13-15H2,1-7H3,(H2,22,23,24). The molecule has 0 amide bonds. The molecule has 8 heteroatoms. The van der Waals surface area contributed by atoms with Crippen LogP contribution in [0.4, 0.5) is 0 Å². The molecule has 1 aromatic carbocycles. The normalized spacial score (nSPS) is 13.9. The Morgan fingerprint density at radius 2 is 1.76 bits per heavy atom. The molecule has 1 unspecified atom stereocenters. The summed E-state index contributed by atoms with van der Waals surface area (Å²) in [4.78, 5) is 4.54. The molecule has 2 N–H and O–H groups in total. The predicted octanol–water partition coefficient (Wildman–Crippen LogP) is 2.83. The molecule has 0 aliphatic heterocycles.